The van der Waals surface area contributed by atoms with Crippen LogP contribution in [0.25, 0.3) is 0 Å². The number of hydrogen-bond donors (Lipinski definition) is 2. The molecule has 0 aromatic carbocycles. The fourth-order valence-corrected chi connectivity index (χ4v) is 2.77. The van der Waals surface area contributed by atoms with Gasteiger partial charge in [0.15, 0.2) is 0 Å². The standard InChI is InChI=1S/C9H18N2OS/c1-6(9(12)10-3)11-8-4-5-13-7(8)2/h6-8,11H,4-5H2,1-3H3,(H,10,12). The average Bonchev–Trinajstić information content (AvgIpc) is 2.50. The van der Waals surface area contributed by atoms with Crippen molar-refractivity contribution in [2.24, 2.45) is 0 Å². The summed E-state index contributed by atoms with van der Waals surface area (Å²) in [5.41, 5.74) is 0. The molecule has 0 aromatic heterocycles. The van der Waals surface area contributed by atoms with E-state index in [0.717, 1.165) is 0 Å². The molecular formula is C9H18N2OS. The molecule has 0 aliphatic carbocycles. The summed E-state index contributed by atoms with van der Waals surface area (Å²) in [6.07, 6.45) is 1.17. The molecule has 0 aromatic rings. The van der Waals surface area contributed by atoms with Crippen molar-refractivity contribution in [3.63, 3.8) is 0 Å². The number of carbonyl (C=O) groups excluding carboxylic acids is 1. The highest BCUT2D eigenvalue weighted by Gasteiger charge is 2.26. The van der Waals surface area contributed by atoms with E-state index in [2.05, 4.69) is 17.6 Å². The van der Waals surface area contributed by atoms with Crippen LogP contribution in [0.5, 0.6) is 0 Å². The van der Waals surface area contributed by atoms with Gasteiger partial charge in [0.05, 0.1) is 6.04 Å². The van der Waals surface area contributed by atoms with Gasteiger partial charge in [-0.1, -0.05) is 6.92 Å². The van der Waals surface area contributed by atoms with Crippen LogP contribution in [0.1, 0.15) is 20.3 Å². The lowest BCUT2D eigenvalue weighted by molar-refractivity contribution is -0.122. The molecule has 1 aliphatic heterocycles. The van der Waals surface area contributed by atoms with Crippen LogP contribution in [0.2, 0.25) is 0 Å². The highest BCUT2D eigenvalue weighted by molar-refractivity contribution is 8.00. The van der Waals surface area contributed by atoms with Gasteiger partial charge in [-0.25, -0.2) is 0 Å². The third-order valence-electron chi connectivity index (χ3n) is 2.48. The second kappa shape index (κ2) is 4.86. The Kier molecular flexibility index (Phi) is 4.06. The van der Waals surface area contributed by atoms with Crippen molar-refractivity contribution in [3.05, 3.63) is 0 Å². The molecule has 4 heteroatoms. The molecule has 1 rings (SSSR count). The van der Waals surface area contributed by atoms with Crippen molar-refractivity contribution in [2.75, 3.05) is 12.8 Å². The summed E-state index contributed by atoms with van der Waals surface area (Å²) in [5.74, 6) is 1.28. The Balaban J connectivity index is 2.34. The van der Waals surface area contributed by atoms with Crippen LogP contribution < -0.4 is 10.6 Å². The minimum absolute atomic E-state index is 0.0730. The number of thioether (sulfide) groups is 1. The van der Waals surface area contributed by atoms with Crippen LogP contribution in [0.3, 0.4) is 0 Å². The number of carbonyl (C=O) groups is 1. The van der Waals surface area contributed by atoms with E-state index in [1.807, 2.05) is 18.7 Å². The summed E-state index contributed by atoms with van der Waals surface area (Å²) < 4.78 is 0. The summed E-state index contributed by atoms with van der Waals surface area (Å²) in [4.78, 5) is 11.2. The first-order chi connectivity index (χ1) is 6.15. The zero-order valence-electron chi connectivity index (χ0n) is 8.46. The van der Waals surface area contributed by atoms with E-state index in [0.29, 0.717) is 11.3 Å². The SMILES string of the molecule is CNC(=O)C(C)NC1CCSC1C. The van der Waals surface area contributed by atoms with Crippen LogP contribution >= 0.6 is 11.8 Å². The fourth-order valence-electron chi connectivity index (χ4n) is 1.56. The molecule has 1 saturated heterocycles. The summed E-state index contributed by atoms with van der Waals surface area (Å²) >= 11 is 1.97. The zero-order valence-corrected chi connectivity index (χ0v) is 9.28. The van der Waals surface area contributed by atoms with Crippen molar-refractivity contribution in [2.45, 2.75) is 37.6 Å². The van der Waals surface area contributed by atoms with Crippen LogP contribution in [-0.4, -0.2) is 36.0 Å². The first kappa shape index (κ1) is 10.9. The quantitative estimate of drug-likeness (QED) is 0.704. The maximum Gasteiger partial charge on any atom is 0.236 e. The zero-order chi connectivity index (χ0) is 9.84. The largest absolute Gasteiger partial charge is 0.358 e. The maximum absolute atomic E-state index is 11.2. The average molecular weight is 202 g/mol. The lowest BCUT2D eigenvalue weighted by Crippen LogP contribution is -2.47. The molecule has 3 nitrogen and oxygen atoms in total. The maximum atomic E-state index is 11.2. The van der Waals surface area contributed by atoms with Crippen LogP contribution in [-0.2, 0) is 4.79 Å². The van der Waals surface area contributed by atoms with Gasteiger partial charge in [-0.3, -0.25) is 4.79 Å². The van der Waals surface area contributed by atoms with Gasteiger partial charge in [0.2, 0.25) is 5.91 Å². The third kappa shape index (κ3) is 2.88. The molecule has 2 N–H and O–H groups in total. The summed E-state index contributed by atoms with van der Waals surface area (Å²) in [6.45, 7) is 4.13. The molecule has 13 heavy (non-hydrogen) atoms. The van der Waals surface area contributed by atoms with Crippen LogP contribution in [0, 0.1) is 0 Å². The van der Waals surface area contributed by atoms with Gasteiger partial charge in [-0.05, 0) is 19.1 Å². The van der Waals surface area contributed by atoms with E-state index in [4.69, 9.17) is 0 Å². The Morgan fingerprint density at radius 1 is 1.62 bits per heavy atom. The van der Waals surface area contributed by atoms with Crippen molar-refractivity contribution in [1.82, 2.24) is 10.6 Å². The second-order valence-electron chi connectivity index (χ2n) is 3.47. The van der Waals surface area contributed by atoms with Crippen LogP contribution in [0.4, 0.5) is 0 Å². The molecule has 0 saturated carbocycles. The van der Waals surface area contributed by atoms with E-state index >= 15 is 0 Å². The normalized spacial score (nSPS) is 30.1. The summed E-state index contributed by atoms with van der Waals surface area (Å²) in [7, 11) is 1.67. The Morgan fingerprint density at radius 3 is 2.77 bits per heavy atom. The van der Waals surface area contributed by atoms with Crippen molar-refractivity contribution in [1.29, 1.82) is 0 Å². The predicted octanol–water partition coefficient (Wildman–Crippen LogP) is 0.604. The molecule has 0 radical (unpaired) electrons. The lowest BCUT2D eigenvalue weighted by atomic mass is 10.1. The highest BCUT2D eigenvalue weighted by atomic mass is 32.2. The molecule has 3 unspecified atom stereocenters. The molecule has 1 fully saturated rings. The fraction of sp³-hybridized carbons (Fsp3) is 0.889. The molecule has 1 heterocycles. The number of nitrogens with one attached hydrogen (secondary N) is 2. The minimum atomic E-state index is -0.0730. The third-order valence-corrected chi connectivity index (χ3v) is 3.81. The number of rotatable bonds is 3. The molecule has 76 valence electrons. The topological polar surface area (TPSA) is 41.1 Å². The Bertz CT molecular complexity index is 186. The van der Waals surface area contributed by atoms with Gasteiger partial charge in [0.1, 0.15) is 0 Å². The van der Waals surface area contributed by atoms with Crippen molar-refractivity contribution >= 4 is 17.7 Å². The number of hydrogen-bond acceptors (Lipinski definition) is 3. The van der Waals surface area contributed by atoms with E-state index in [9.17, 15) is 4.79 Å². The molecule has 1 amide bonds. The molecular weight excluding hydrogens is 184 g/mol. The first-order valence-electron chi connectivity index (χ1n) is 4.74. The predicted molar refractivity (Wildman–Crippen MR) is 57.0 cm³/mol. The van der Waals surface area contributed by atoms with E-state index in [-0.39, 0.29) is 11.9 Å². The van der Waals surface area contributed by atoms with Gasteiger partial charge in [0.25, 0.3) is 0 Å². The highest BCUT2D eigenvalue weighted by Crippen LogP contribution is 2.26. The van der Waals surface area contributed by atoms with Gasteiger partial charge in [-0.2, -0.15) is 11.8 Å². The smallest absolute Gasteiger partial charge is 0.236 e. The van der Waals surface area contributed by atoms with E-state index < -0.39 is 0 Å². The Morgan fingerprint density at radius 2 is 2.31 bits per heavy atom. The Hall–Kier alpha value is -0.220. The van der Waals surface area contributed by atoms with E-state index in [1.54, 1.807) is 7.05 Å². The molecule has 0 bridgehead atoms. The number of amides is 1. The van der Waals surface area contributed by atoms with Gasteiger partial charge >= 0.3 is 0 Å². The first-order valence-corrected chi connectivity index (χ1v) is 5.79. The summed E-state index contributed by atoms with van der Waals surface area (Å²) in [5, 5.41) is 6.62. The second-order valence-corrected chi connectivity index (χ2v) is 4.96. The lowest BCUT2D eigenvalue weighted by Gasteiger charge is -2.20. The molecule has 3 atom stereocenters. The monoisotopic (exact) mass is 202 g/mol. The van der Waals surface area contributed by atoms with Gasteiger partial charge in [0, 0.05) is 18.3 Å². The summed E-state index contributed by atoms with van der Waals surface area (Å²) in [6, 6.07) is 0.424. The molecule has 0 spiro atoms. The minimum Gasteiger partial charge on any atom is -0.358 e. The number of likely N-dealkylation sites (N-methyl/N-ethyl adjacent to an activating group) is 1. The molecule has 1 aliphatic rings. The van der Waals surface area contributed by atoms with Crippen molar-refractivity contribution < 1.29 is 4.79 Å². The Labute approximate surface area is 84.0 Å². The van der Waals surface area contributed by atoms with Crippen LogP contribution in [0.15, 0.2) is 0 Å². The van der Waals surface area contributed by atoms with E-state index in [1.165, 1.54) is 12.2 Å². The van der Waals surface area contributed by atoms with Crippen molar-refractivity contribution in [3.8, 4) is 0 Å². The van der Waals surface area contributed by atoms with Gasteiger partial charge < -0.3 is 10.6 Å². The van der Waals surface area contributed by atoms with Gasteiger partial charge in [-0.15, -0.1) is 0 Å².